The molecule has 0 spiro atoms. The molecule has 0 aliphatic heterocycles. The maximum atomic E-state index is 12.1. The lowest BCUT2D eigenvalue weighted by molar-refractivity contribution is -0.129. The molecule has 0 bridgehead atoms. The minimum atomic E-state index is -0.467. The summed E-state index contributed by atoms with van der Waals surface area (Å²) in [6.45, 7) is 4.27. The summed E-state index contributed by atoms with van der Waals surface area (Å²) in [6, 6.07) is 11.7. The van der Waals surface area contributed by atoms with Gasteiger partial charge >= 0.3 is 0 Å². The number of hydrogen-bond donors (Lipinski definition) is 2. The minimum Gasteiger partial charge on any atom is -0.343 e. The van der Waals surface area contributed by atoms with Gasteiger partial charge in [-0.1, -0.05) is 35.3 Å². The van der Waals surface area contributed by atoms with Crippen molar-refractivity contribution in [1.82, 2.24) is 10.2 Å². The van der Waals surface area contributed by atoms with Crippen LogP contribution < -0.4 is 10.6 Å². The van der Waals surface area contributed by atoms with Crippen LogP contribution in [-0.2, 0) is 16.1 Å². The van der Waals surface area contributed by atoms with Crippen LogP contribution >= 0.6 is 23.2 Å². The van der Waals surface area contributed by atoms with Crippen molar-refractivity contribution in [3.8, 4) is 0 Å². The molecule has 0 heterocycles. The molecule has 0 atom stereocenters. The molecule has 0 saturated carbocycles. The summed E-state index contributed by atoms with van der Waals surface area (Å²) < 4.78 is 0. The highest BCUT2D eigenvalue weighted by Crippen LogP contribution is 2.20. The molecule has 2 N–H and O–H groups in total. The average Bonchev–Trinajstić information content (AvgIpc) is 2.64. The predicted molar refractivity (Wildman–Crippen MR) is 111 cm³/mol. The van der Waals surface area contributed by atoms with Gasteiger partial charge in [0, 0.05) is 30.7 Å². The van der Waals surface area contributed by atoms with Crippen LogP contribution in [0.3, 0.4) is 0 Å². The number of carbonyl (C=O) groups is 3. The van der Waals surface area contributed by atoms with Gasteiger partial charge in [-0.3, -0.25) is 14.4 Å². The van der Waals surface area contributed by atoms with Gasteiger partial charge in [-0.25, -0.2) is 0 Å². The van der Waals surface area contributed by atoms with Crippen LogP contribution in [0.2, 0.25) is 10.0 Å². The maximum absolute atomic E-state index is 12.1. The van der Waals surface area contributed by atoms with Crippen LogP contribution in [0.25, 0.3) is 0 Å². The predicted octanol–water partition coefficient (Wildman–Crippen LogP) is 3.73. The Morgan fingerprint density at radius 1 is 1.07 bits per heavy atom. The van der Waals surface area contributed by atoms with Gasteiger partial charge in [0.1, 0.15) is 0 Å². The summed E-state index contributed by atoms with van der Waals surface area (Å²) in [4.78, 5) is 37.5. The Morgan fingerprint density at radius 3 is 2.46 bits per heavy atom. The number of rotatable bonds is 7. The summed E-state index contributed by atoms with van der Waals surface area (Å²) in [5.74, 6) is -0.861. The number of hydrogen-bond acceptors (Lipinski definition) is 3. The van der Waals surface area contributed by atoms with Crippen LogP contribution in [0.4, 0.5) is 5.69 Å². The lowest BCUT2D eigenvalue weighted by Crippen LogP contribution is -2.33. The Hall–Kier alpha value is -2.57. The summed E-state index contributed by atoms with van der Waals surface area (Å²) >= 11 is 11.8. The molecule has 0 fully saturated rings. The third kappa shape index (κ3) is 6.25. The first kappa shape index (κ1) is 21.7. The monoisotopic (exact) mass is 421 g/mol. The molecular weight excluding hydrogens is 401 g/mol. The standard InChI is InChI=1S/C20H21Cl2N3O3/c1-3-25(13(2)26)12-14-5-4-6-16(9-14)24-19(27)11-23-20(28)17-8-7-15(21)10-18(17)22/h4-10H,3,11-12H2,1-2H3,(H,23,28)(H,24,27). The Bertz CT molecular complexity index is 887. The lowest BCUT2D eigenvalue weighted by atomic mass is 10.2. The Labute approximate surface area is 173 Å². The van der Waals surface area contributed by atoms with E-state index in [1.54, 1.807) is 29.2 Å². The number of halogens is 2. The highest BCUT2D eigenvalue weighted by molar-refractivity contribution is 6.36. The molecule has 6 nitrogen and oxygen atoms in total. The zero-order valence-electron chi connectivity index (χ0n) is 15.6. The third-order valence-corrected chi connectivity index (χ3v) is 4.54. The molecule has 28 heavy (non-hydrogen) atoms. The largest absolute Gasteiger partial charge is 0.343 e. The van der Waals surface area contributed by atoms with Crippen LogP contribution in [0.5, 0.6) is 0 Å². The van der Waals surface area contributed by atoms with E-state index in [-0.39, 0.29) is 28.9 Å². The Morgan fingerprint density at radius 2 is 1.82 bits per heavy atom. The molecule has 3 amide bonds. The number of nitrogens with zero attached hydrogens (tertiary/aromatic N) is 1. The van der Waals surface area contributed by atoms with Crippen LogP contribution in [-0.4, -0.2) is 35.7 Å². The van der Waals surface area contributed by atoms with E-state index in [0.717, 1.165) is 5.56 Å². The van der Waals surface area contributed by atoms with Crippen molar-refractivity contribution in [2.24, 2.45) is 0 Å². The molecule has 2 rings (SSSR count). The molecule has 0 radical (unpaired) electrons. The molecule has 2 aromatic rings. The summed E-state index contributed by atoms with van der Waals surface area (Å²) in [5, 5.41) is 5.87. The average molecular weight is 422 g/mol. The van der Waals surface area contributed by atoms with Crippen molar-refractivity contribution in [2.45, 2.75) is 20.4 Å². The van der Waals surface area contributed by atoms with Crippen LogP contribution in [0, 0.1) is 0 Å². The second kappa shape index (κ2) is 10.1. The van der Waals surface area contributed by atoms with E-state index in [9.17, 15) is 14.4 Å². The highest BCUT2D eigenvalue weighted by Gasteiger charge is 2.13. The van der Waals surface area contributed by atoms with Crippen LogP contribution in [0.1, 0.15) is 29.8 Å². The van der Waals surface area contributed by atoms with E-state index < -0.39 is 5.91 Å². The second-order valence-corrected chi connectivity index (χ2v) is 6.93. The lowest BCUT2D eigenvalue weighted by Gasteiger charge is -2.19. The van der Waals surface area contributed by atoms with E-state index in [4.69, 9.17) is 23.2 Å². The highest BCUT2D eigenvalue weighted by atomic mass is 35.5. The Kier molecular flexibility index (Phi) is 7.84. The normalized spacial score (nSPS) is 10.3. The zero-order valence-corrected chi connectivity index (χ0v) is 17.1. The fraction of sp³-hybridized carbons (Fsp3) is 0.250. The summed E-state index contributed by atoms with van der Waals surface area (Å²) in [6.07, 6.45) is 0. The molecule has 0 aromatic heterocycles. The van der Waals surface area contributed by atoms with Crippen molar-refractivity contribution in [2.75, 3.05) is 18.4 Å². The van der Waals surface area contributed by atoms with E-state index in [1.807, 2.05) is 13.0 Å². The maximum Gasteiger partial charge on any atom is 0.253 e. The summed E-state index contributed by atoms with van der Waals surface area (Å²) in [7, 11) is 0. The SMILES string of the molecule is CCN(Cc1cccc(NC(=O)CNC(=O)c2ccc(Cl)cc2Cl)c1)C(C)=O. The molecule has 8 heteroatoms. The fourth-order valence-corrected chi connectivity index (χ4v) is 3.04. The number of nitrogens with one attached hydrogen (secondary N) is 2. The number of anilines is 1. The third-order valence-electron chi connectivity index (χ3n) is 4.00. The zero-order chi connectivity index (χ0) is 20.7. The van der Waals surface area contributed by atoms with Gasteiger partial charge in [0.25, 0.3) is 5.91 Å². The van der Waals surface area contributed by atoms with Gasteiger partial charge in [0.15, 0.2) is 0 Å². The van der Waals surface area contributed by atoms with E-state index in [2.05, 4.69) is 10.6 Å². The van der Waals surface area contributed by atoms with Crippen molar-refractivity contribution < 1.29 is 14.4 Å². The first-order valence-corrected chi connectivity index (χ1v) is 9.43. The van der Waals surface area contributed by atoms with Crippen molar-refractivity contribution in [3.63, 3.8) is 0 Å². The molecule has 0 saturated heterocycles. The van der Waals surface area contributed by atoms with Gasteiger partial charge < -0.3 is 15.5 Å². The minimum absolute atomic E-state index is 0.0134. The van der Waals surface area contributed by atoms with Crippen LogP contribution in [0.15, 0.2) is 42.5 Å². The second-order valence-electron chi connectivity index (χ2n) is 6.09. The van der Waals surface area contributed by atoms with Gasteiger partial charge in [0.2, 0.25) is 11.8 Å². The number of amides is 3. The molecule has 148 valence electrons. The topological polar surface area (TPSA) is 78.5 Å². The van der Waals surface area contributed by atoms with Gasteiger partial charge in [-0.2, -0.15) is 0 Å². The molecule has 0 aliphatic carbocycles. The molecule has 0 unspecified atom stereocenters. The molecular formula is C20H21Cl2N3O3. The van der Waals surface area contributed by atoms with E-state index in [1.165, 1.54) is 19.1 Å². The number of carbonyl (C=O) groups excluding carboxylic acids is 3. The summed E-state index contributed by atoms with van der Waals surface area (Å²) in [5.41, 5.74) is 1.72. The first-order valence-electron chi connectivity index (χ1n) is 8.67. The smallest absolute Gasteiger partial charge is 0.253 e. The van der Waals surface area contributed by atoms with Gasteiger partial charge in [-0.15, -0.1) is 0 Å². The van der Waals surface area contributed by atoms with Crippen molar-refractivity contribution in [3.05, 3.63) is 63.6 Å². The molecule has 2 aromatic carbocycles. The quantitative estimate of drug-likeness (QED) is 0.714. The van der Waals surface area contributed by atoms with Gasteiger partial charge in [0.05, 0.1) is 17.1 Å². The number of benzene rings is 2. The van der Waals surface area contributed by atoms with Crippen molar-refractivity contribution in [1.29, 1.82) is 0 Å². The van der Waals surface area contributed by atoms with Gasteiger partial charge in [-0.05, 0) is 42.8 Å². The fourth-order valence-electron chi connectivity index (χ4n) is 2.55. The first-order chi connectivity index (χ1) is 13.3. The van der Waals surface area contributed by atoms with E-state index in [0.29, 0.717) is 23.8 Å². The molecule has 0 aliphatic rings. The van der Waals surface area contributed by atoms with Crippen molar-refractivity contribution >= 4 is 46.6 Å². The Balaban J connectivity index is 1.93. The van der Waals surface area contributed by atoms with E-state index >= 15 is 0 Å².